The number of hydrogen-bond donors (Lipinski definition) is 1. The first-order valence-electron chi connectivity index (χ1n) is 10.5. The van der Waals surface area contributed by atoms with Crippen LogP contribution in [0.2, 0.25) is 0 Å². The molecular formula is C26H24F3NO3. The summed E-state index contributed by atoms with van der Waals surface area (Å²) in [5.41, 5.74) is 1.20. The predicted octanol–water partition coefficient (Wildman–Crippen LogP) is 5.52. The van der Waals surface area contributed by atoms with Crippen molar-refractivity contribution in [3.63, 3.8) is 0 Å². The van der Waals surface area contributed by atoms with Gasteiger partial charge in [0.15, 0.2) is 0 Å². The molecule has 0 aromatic heterocycles. The highest BCUT2D eigenvalue weighted by atomic mass is 19.4. The Balaban J connectivity index is 1.68. The van der Waals surface area contributed by atoms with Crippen molar-refractivity contribution in [3.8, 4) is 0 Å². The van der Waals surface area contributed by atoms with Gasteiger partial charge in [-0.25, -0.2) is 0 Å². The molecule has 0 fully saturated rings. The Hall–Kier alpha value is -3.61. The minimum absolute atomic E-state index is 0.00453. The minimum Gasteiger partial charge on any atom is -0.466 e. The number of alkyl halides is 3. The molecule has 1 unspecified atom stereocenters. The van der Waals surface area contributed by atoms with Gasteiger partial charge < -0.3 is 10.1 Å². The Labute approximate surface area is 190 Å². The van der Waals surface area contributed by atoms with Gasteiger partial charge in [-0.2, -0.15) is 13.2 Å². The van der Waals surface area contributed by atoms with E-state index in [2.05, 4.69) is 5.32 Å². The van der Waals surface area contributed by atoms with Crippen LogP contribution >= 0.6 is 0 Å². The number of hydrogen-bond acceptors (Lipinski definition) is 3. The standard InChI is InChI=1S/C26H24F3NO3/c1-2-33-25(32)22(19-8-4-3-5-9-19)16-18-12-14-20(15-13-18)24(31)30-17-21-10-6-7-11-23(21)26(27,28)29/h3-15,22H,2,16-17H2,1H3,(H,30,31). The predicted molar refractivity (Wildman–Crippen MR) is 119 cm³/mol. The highest BCUT2D eigenvalue weighted by Crippen LogP contribution is 2.31. The van der Waals surface area contributed by atoms with E-state index >= 15 is 0 Å². The molecule has 0 aliphatic rings. The molecule has 1 N–H and O–H groups in total. The first-order valence-corrected chi connectivity index (χ1v) is 10.5. The fourth-order valence-electron chi connectivity index (χ4n) is 3.52. The Bertz CT molecular complexity index is 1080. The van der Waals surface area contributed by atoms with Gasteiger partial charge in [0.25, 0.3) is 5.91 Å². The minimum atomic E-state index is -4.49. The van der Waals surface area contributed by atoms with Crippen LogP contribution in [0.3, 0.4) is 0 Å². The summed E-state index contributed by atoms with van der Waals surface area (Å²) in [6, 6.07) is 21.1. The van der Waals surface area contributed by atoms with Crippen molar-refractivity contribution in [2.75, 3.05) is 6.61 Å². The van der Waals surface area contributed by atoms with Gasteiger partial charge in [-0.1, -0.05) is 60.7 Å². The smallest absolute Gasteiger partial charge is 0.416 e. The Morgan fingerprint density at radius 2 is 1.55 bits per heavy atom. The third-order valence-corrected chi connectivity index (χ3v) is 5.19. The second-order valence-corrected chi connectivity index (χ2v) is 7.45. The molecule has 0 aliphatic heterocycles. The molecule has 0 aliphatic carbocycles. The van der Waals surface area contributed by atoms with E-state index in [9.17, 15) is 22.8 Å². The summed E-state index contributed by atoms with van der Waals surface area (Å²) in [5.74, 6) is -1.29. The van der Waals surface area contributed by atoms with E-state index in [0.717, 1.165) is 17.2 Å². The molecule has 1 atom stereocenters. The highest BCUT2D eigenvalue weighted by molar-refractivity contribution is 5.94. The Morgan fingerprint density at radius 1 is 0.909 bits per heavy atom. The van der Waals surface area contributed by atoms with E-state index in [4.69, 9.17) is 4.74 Å². The molecule has 0 saturated heterocycles. The van der Waals surface area contributed by atoms with Crippen LogP contribution in [0.15, 0.2) is 78.9 Å². The maximum Gasteiger partial charge on any atom is 0.416 e. The molecule has 0 saturated carbocycles. The molecule has 33 heavy (non-hydrogen) atoms. The molecule has 0 spiro atoms. The monoisotopic (exact) mass is 455 g/mol. The van der Waals surface area contributed by atoms with Crippen molar-refractivity contribution in [2.45, 2.75) is 32.0 Å². The van der Waals surface area contributed by atoms with Gasteiger partial charge in [-0.05, 0) is 48.2 Å². The van der Waals surface area contributed by atoms with E-state index in [1.807, 2.05) is 30.3 Å². The first-order chi connectivity index (χ1) is 15.8. The van der Waals surface area contributed by atoms with Crippen LogP contribution < -0.4 is 5.32 Å². The summed E-state index contributed by atoms with van der Waals surface area (Å²) < 4.78 is 44.6. The number of amides is 1. The van der Waals surface area contributed by atoms with E-state index < -0.39 is 23.6 Å². The SMILES string of the molecule is CCOC(=O)C(Cc1ccc(C(=O)NCc2ccccc2C(F)(F)F)cc1)c1ccccc1. The van der Waals surface area contributed by atoms with Crippen LogP contribution in [0, 0.1) is 0 Å². The number of benzene rings is 3. The summed E-state index contributed by atoms with van der Waals surface area (Å²) in [5, 5.41) is 2.54. The molecule has 3 aromatic carbocycles. The number of nitrogens with one attached hydrogen (secondary N) is 1. The van der Waals surface area contributed by atoms with Gasteiger partial charge in [-0.15, -0.1) is 0 Å². The van der Waals surface area contributed by atoms with E-state index in [-0.39, 0.29) is 24.7 Å². The zero-order chi connectivity index (χ0) is 23.8. The first kappa shape index (κ1) is 24.0. The molecule has 0 radical (unpaired) electrons. The van der Waals surface area contributed by atoms with Gasteiger partial charge in [0, 0.05) is 12.1 Å². The summed E-state index contributed by atoms with van der Waals surface area (Å²) in [6.07, 6.45) is -4.10. The molecular weight excluding hydrogens is 431 g/mol. The third-order valence-electron chi connectivity index (χ3n) is 5.19. The van der Waals surface area contributed by atoms with E-state index in [1.54, 1.807) is 31.2 Å². The number of carbonyl (C=O) groups is 2. The maximum atomic E-state index is 13.1. The zero-order valence-corrected chi connectivity index (χ0v) is 18.1. The van der Waals surface area contributed by atoms with Crippen LogP contribution in [-0.4, -0.2) is 18.5 Å². The van der Waals surface area contributed by atoms with Crippen molar-refractivity contribution in [1.29, 1.82) is 0 Å². The fraction of sp³-hybridized carbons (Fsp3) is 0.231. The van der Waals surface area contributed by atoms with E-state index in [0.29, 0.717) is 12.0 Å². The normalized spacial score (nSPS) is 12.1. The quantitative estimate of drug-likeness (QED) is 0.455. The van der Waals surface area contributed by atoms with Crippen molar-refractivity contribution in [2.24, 2.45) is 0 Å². The van der Waals surface area contributed by atoms with Gasteiger partial charge in [0.05, 0.1) is 18.1 Å². The van der Waals surface area contributed by atoms with Crippen molar-refractivity contribution in [3.05, 3.63) is 107 Å². The van der Waals surface area contributed by atoms with Crippen LogP contribution in [-0.2, 0) is 28.7 Å². The molecule has 4 nitrogen and oxygen atoms in total. The molecule has 1 amide bonds. The second-order valence-electron chi connectivity index (χ2n) is 7.45. The average Bonchev–Trinajstić information content (AvgIpc) is 2.81. The lowest BCUT2D eigenvalue weighted by molar-refractivity contribution is -0.145. The molecule has 0 heterocycles. The molecule has 172 valence electrons. The van der Waals surface area contributed by atoms with E-state index in [1.165, 1.54) is 18.2 Å². The molecule has 0 bridgehead atoms. The van der Waals surface area contributed by atoms with Crippen molar-refractivity contribution < 1.29 is 27.5 Å². The van der Waals surface area contributed by atoms with Crippen LogP contribution in [0.1, 0.15) is 45.5 Å². The maximum absolute atomic E-state index is 13.1. The Morgan fingerprint density at radius 3 is 2.18 bits per heavy atom. The summed E-state index contributed by atoms with van der Waals surface area (Å²) >= 11 is 0. The highest BCUT2D eigenvalue weighted by Gasteiger charge is 2.32. The Kier molecular flexibility index (Phi) is 7.87. The van der Waals surface area contributed by atoms with Crippen LogP contribution in [0.25, 0.3) is 0 Å². The molecule has 7 heteroatoms. The summed E-state index contributed by atoms with van der Waals surface area (Å²) in [7, 11) is 0. The summed E-state index contributed by atoms with van der Waals surface area (Å²) in [6.45, 7) is 1.79. The third kappa shape index (κ3) is 6.44. The van der Waals surface area contributed by atoms with Gasteiger partial charge in [0.2, 0.25) is 0 Å². The lowest BCUT2D eigenvalue weighted by atomic mass is 9.91. The number of esters is 1. The van der Waals surface area contributed by atoms with Gasteiger partial charge >= 0.3 is 12.1 Å². The number of ether oxygens (including phenoxy) is 1. The van der Waals surface area contributed by atoms with Gasteiger partial charge in [0.1, 0.15) is 0 Å². The number of halogens is 3. The van der Waals surface area contributed by atoms with Gasteiger partial charge in [-0.3, -0.25) is 9.59 Å². The lowest BCUT2D eigenvalue weighted by Gasteiger charge is -2.16. The zero-order valence-electron chi connectivity index (χ0n) is 18.1. The second kappa shape index (κ2) is 10.8. The largest absolute Gasteiger partial charge is 0.466 e. The topological polar surface area (TPSA) is 55.4 Å². The van der Waals surface area contributed by atoms with Crippen molar-refractivity contribution >= 4 is 11.9 Å². The number of rotatable bonds is 8. The molecule has 3 aromatic rings. The fourth-order valence-corrected chi connectivity index (χ4v) is 3.52. The molecule has 3 rings (SSSR count). The van der Waals surface area contributed by atoms with Crippen LogP contribution in [0.4, 0.5) is 13.2 Å². The number of carbonyl (C=O) groups excluding carboxylic acids is 2. The van der Waals surface area contributed by atoms with Crippen LogP contribution in [0.5, 0.6) is 0 Å². The lowest BCUT2D eigenvalue weighted by Crippen LogP contribution is -2.24. The summed E-state index contributed by atoms with van der Waals surface area (Å²) in [4.78, 5) is 24.9. The average molecular weight is 455 g/mol. The van der Waals surface area contributed by atoms with Crippen molar-refractivity contribution in [1.82, 2.24) is 5.32 Å².